The summed E-state index contributed by atoms with van der Waals surface area (Å²) in [4.78, 5) is 40.6. The van der Waals surface area contributed by atoms with Gasteiger partial charge in [0, 0.05) is 13.1 Å². The molecule has 0 bridgehead atoms. The van der Waals surface area contributed by atoms with Gasteiger partial charge in [0.15, 0.2) is 0 Å². The topological polar surface area (TPSA) is 57.7 Å². The molecule has 0 unspecified atom stereocenters. The zero-order valence-electron chi connectivity index (χ0n) is 16.0. The molecule has 4 rings (SSSR count). The van der Waals surface area contributed by atoms with E-state index in [-0.39, 0.29) is 17.7 Å². The summed E-state index contributed by atoms with van der Waals surface area (Å²) in [6.07, 6.45) is 4.79. The molecule has 6 heteroatoms. The zero-order valence-corrected chi connectivity index (χ0v) is 16.9. The van der Waals surface area contributed by atoms with Crippen molar-refractivity contribution in [2.24, 2.45) is 0 Å². The van der Waals surface area contributed by atoms with Gasteiger partial charge in [-0.25, -0.2) is 0 Å². The maximum atomic E-state index is 12.7. The molecule has 2 aliphatic rings. The van der Waals surface area contributed by atoms with Gasteiger partial charge in [-0.2, -0.15) is 0 Å². The standard InChI is InChI=1S/C23H22N2O3S/c26-21(24-13-5-2-6-14-24)16-25-22(27)20(29-23(25)28)15-17-9-11-19(12-10-17)18-7-3-1-4-8-18/h1,3-4,7-12,15H,2,5-6,13-14,16H2/b20-15-. The first-order valence-corrected chi connectivity index (χ1v) is 10.6. The number of imide groups is 1. The van der Waals surface area contributed by atoms with Crippen molar-refractivity contribution in [1.82, 2.24) is 9.80 Å². The van der Waals surface area contributed by atoms with Gasteiger partial charge in [-0.05, 0) is 53.8 Å². The number of amides is 3. The summed E-state index contributed by atoms with van der Waals surface area (Å²) in [7, 11) is 0. The van der Waals surface area contributed by atoms with Gasteiger partial charge in [0.25, 0.3) is 11.1 Å². The average Bonchev–Trinajstić information content (AvgIpc) is 3.03. The van der Waals surface area contributed by atoms with Crippen LogP contribution in [0.5, 0.6) is 0 Å². The van der Waals surface area contributed by atoms with Gasteiger partial charge in [0.2, 0.25) is 5.91 Å². The molecule has 2 aromatic rings. The van der Waals surface area contributed by atoms with Crippen LogP contribution in [0.4, 0.5) is 4.79 Å². The molecular weight excluding hydrogens is 384 g/mol. The second-order valence-corrected chi connectivity index (χ2v) is 8.19. The quantitative estimate of drug-likeness (QED) is 0.706. The van der Waals surface area contributed by atoms with E-state index in [4.69, 9.17) is 0 Å². The Labute approximate surface area is 174 Å². The lowest BCUT2D eigenvalue weighted by Gasteiger charge is -2.27. The molecule has 0 spiro atoms. The predicted octanol–water partition coefficient (Wildman–Crippen LogP) is 4.40. The maximum absolute atomic E-state index is 12.7. The first-order chi connectivity index (χ1) is 14.1. The third kappa shape index (κ3) is 4.43. The molecule has 0 atom stereocenters. The molecule has 2 saturated heterocycles. The smallest absolute Gasteiger partial charge is 0.294 e. The Bertz CT molecular complexity index is 948. The van der Waals surface area contributed by atoms with Crippen molar-refractivity contribution >= 4 is 34.9 Å². The second-order valence-electron chi connectivity index (χ2n) is 7.20. The number of piperidine rings is 1. The molecule has 0 N–H and O–H groups in total. The number of rotatable bonds is 4. The van der Waals surface area contributed by atoms with E-state index >= 15 is 0 Å². The lowest BCUT2D eigenvalue weighted by Crippen LogP contribution is -2.44. The second kappa shape index (κ2) is 8.66. The number of carbonyl (C=O) groups excluding carboxylic acids is 3. The van der Waals surface area contributed by atoms with Crippen molar-refractivity contribution in [3.8, 4) is 11.1 Å². The Hall–Kier alpha value is -2.86. The number of thioether (sulfide) groups is 1. The van der Waals surface area contributed by atoms with Crippen LogP contribution in [0.3, 0.4) is 0 Å². The van der Waals surface area contributed by atoms with E-state index in [9.17, 15) is 14.4 Å². The molecule has 0 aliphatic carbocycles. The summed E-state index contributed by atoms with van der Waals surface area (Å²) in [6.45, 7) is 1.24. The number of carbonyl (C=O) groups is 3. The molecule has 0 saturated carbocycles. The molecule has 29 heavy (non-hydrogen) atoms. The number of hydrogen-bond acceptors (Lipinski definition) is 4. The minimum atomic E-state index is -0.391. The fraction of sp³-hybridized carbons (Fsp3) is 0.261. The predicted molar refractivity (Wildman–Crippen MR) is 115 cm³/mol. The van der Waals surface area contributed by atoms with Gasteiger partial charge in [-0.1, -0.05) is 54.6 Å². The molecule has 2 fully saturated rings. The molecule has 0 radical (unpaired) electrons. The Kier molecular flexibility index (Phi) is 5.81. The minimum absolute atomic E-state index is 0.152. The molecule has 5 nitrogen and oxygen atoms in total. The van der Waals surface area contributed by atoms with Gasteiger partial charge in [0.1, 0.15) is 6.54 Å². The van der Waals surface area contributed by atoms with E-state index in [1.54, 1.807) is 11.0 Å². The summed E-state index contributed by atoms with van der Waals surface area (Å²) in [5, 5.41) is -0.382. The van der Waals surface area contributed by atoms with Crippen LogP contribution in [0.25, 0.3) is 17.2 Å². The molecule has 3 amide bonds. The highest BCUT2D eigenvalue weighted by Crippen LogP contribution is 2.32. The monoisotopic (exact) mass is 406 g/mol. The number of hydrogen-bond donors (Lipinski definition) is 0. The van der Waals surface area contributed by atoms with E-state index < -0.39 is 5.91 Å². The zero-order chi connectivity index (χ0) is 20.2. The van der Waals surface area contributed by atoms with Crippen LogP contribution >= 0.6 is 11.8 Å². The van der Waals surface area contributed by atoms with E-state index in [0.29, 0.717) is 18.0 Å². The summed E-state index contributed by atoms with van der Waals surface area (Å²) in [5.74, 6) is -0.544. The average molecular weight is 407 g/mol. The Balaban J connectivity index is 1.45. The molecule has 2 aliphatic heterocycles. The van der Waals surface area contributed by atoms with Gasteiger partial charge in [-0.3, -0.25) is 19.3 Å². The first-order valence-electron chi connectivity index (χ1n) is 9.80. The number of likely N-dealkylation sites (tertiary alicyclic amines) is 1. The summed E-state index contributed by atoms with van der Waals surface area (Å²) in [5.41, 5.74) is 3.05. The maximum Gasteiger partial charge on any atom is 0.294 e. The largest absolute Gasteiger partial charge is 0.341 e. The molecular formula is C23H22N2O3S. The lowest BCUT2D eigenvalue weighted by atomic mass is 10.0. The van der Waals surface area contributed by atoms with Crippen molar-refractivity contribution in [1.29, 1.82) is 0 Å². The summed E-state index contributed by atoms with van der Waals surface area (Å²) >= 11 is 0.894. The van der Waals surface area contributed by atoms with Crippen LogP contribution in [-0.4, -0.2) is 46.5 Å². The fourth-order valence-corrected chi connectivity index (χ4v) is 4.41. The number of benzene rings is 2. The van der Waals surface area contributed by atoms with Crippen LogP contribution in [0.2, 0.25) is 0 Å². The van der Waals surface area contributed by atoms with Gasteiger partial charge < -0.3 is 4.90 Å². The van der Waals surface area contributed by atoms with Crippen LogP contribution < -0.4 is 0 Å². The van der Waals surface area contributed by atoms with Crippen molar-refractivity contribution in [3.63, 3.8) is 0 Å². The van der Waals surface area contributed by atoms with Gasteiger partial charge in [0.05, 0.1) is 4.91 Å². The minimum Gasteiger partial charge on any atom is -0.341 e. The third-order valence-electron chi connectivity index (χ3n) is 5.19. The molecule has 0 aromatic heterocycles. The Morgan fingerprint density at radius 1 is 0.897 bits per heavy atom. The van der Waals surface area contributed by atoms with Crippen LogP contribution in [0, 0.1) is 0 Å². The van der Waals surface area contributed by atoms with Crippen molar-refractivity contribution in [2.75, 3.05) is 19.6 Å². The molecule has 2 heterocycles. The lowest BCUT2D eigenvalue weighted by molar-refractivity contribution is -0.136. The van der Waals surface area contributed by atoms with Crippen molar-refractivity contribution in [2.45, 2.75) is 19.3 Å². The van der Waals surface area contributed by atoms with Crippen LogP contribution in [-0.2, 0) is 9.59 Å². The molecule has 148 valence electrons. The van der Waals surface area contributed by atoms with E-state index in [1.807, 2.05) is 54.6 Å². The van der Waals surface area contributed by atoms with Gasteiger partial charge in [-0.15, -0.1) is 0 Å². The Morgan fingerprint density at radius 2 is 1.55 bits per heavy atom. The van der Waals surface area contributed by atoms with Crippen molar-refractivity contribution < 1.29 is 14.4 Å². The van der Waals surface area contributed by atoms with Crippen LogP contribution in [0.15, 0.2) is 59.5 Å². The van der Waals surface area contributed by atoms with E-state index in [2.05, 4.69) is 0 Å². The normalized spacial score (nSPS) is 18.6. The van der Waals surface area contributed by atoms with Crippen molar-refractivity contribution in [3.05, 3.63) is 65.1 Å². The SMILES string of the molecule is O=C(CN1C(=O)S/C(=C\c2ccc(-c3ccccc3)cc2)C1=O)N1CCCCC1. The summed E-state index contributed by atoms with van der Waals surface area (Å²) < 4.78 is 0. The fourth-order valence-electron chi connectivity index (χ4n) is 3.57. The molecule has 2 aromatic carbocycles. The summed E-state index contributed by atoms with van der Waals surface area (Å²) in [6, 6.07) is 17.9. The highest BCUT2D eigenvalue weighted by molar-refractivity contribution is 8.18. The van der Waals surface area contributed by atoms with Crippen LogP contribution in [0.1, 0.15) is 24.8 Å². The number of nitrogens with zero attached hydrogens (tertiary/aromatic N) is 2. The van der Waals surface area contributed by atoms with E-state index in [0.717, 1.165) is 52.6 Å². The van der Waals surface area contributed by atoms with Gasteiger partial charge >= 0.3 is 0 Å². The third-order valence-corrected chi connectivity index (χ3v) is 6.10. The highest BCUT2D eigenvalue weighted by atomic mass is 32.2. The Morgan fingerprint density at radius 3 is 2.24 bits per heavy atom. The first kappa shape index (κ1) is 19.5. The van der Waals surface area contributed by atoms with E-state index in [1.165, 1.54) is 0 Å². The highest BCUT2D eigenvalue weighted by Gasteiger charge is 2.37.